The maximum atomic E-state index is 12.5. The number of rotatable bonds is 5. The van der Waals surface area contributed by atoms with Crippen molar-refractivity contribution in [1.29, 1.82) is 0 Å². The van der Waals surface area contributed by atoms with Gasteiger partial charge in [-0.1, -0.05) is 0 Å². The van der Waals surface area contributed by atoms with Crippen molar-refractivity contribution in [3.05, 3.63) is 58.5 Å². The van der Waals surface area contributed by atoms with Crippen molar-refractivity contribution in [2.75, 3.05) is 43.1 Å². The molecule has 4 rings (SSSR count). The van der Waals surface area contributed by atoms with Crippen LogP contribution in [0.1, 0.15) is 5.56 Å². The summed E-state index contributed by atoms with van der Waals surface area (Å²) >= 11 is 0. The van der Waals surface area contributed by atoms with E-state index in [1.165, 1.54) is 6.07 Å². The Morgan fingerprint density at radius 3 is 2.86 bits per heavy atom. The lowest BCUT2D eigenvalue weighted by atomic mass is 10.1. The van der Waals surface area contributed by atoms with Gasteiger partial charge < -0.3 is 24.1 Å². The quantitative estimate of drug-likeness (QED) is 0.709. The van der Waals surface area contributed by atoms with Gasteiger partial charge in [0.25, 0.3) is 5.91 Å². The van der Waals surface area contributed by atoms with Gasteiger partial charge in [-0.25, -0.2) is 0 Å². The van der Waals surface area contributed by atoms with Gasteiger partial charge in [-0.15, -0.1) is 0 Å². The van der Waals surface area contributed by atoms with Crippen molar-refractivity contribution in [2.45, 2.75) is 6.92 Å². The third kappa shape index (κ3) is 4.22. The highest BCUT2D eigenvalue weighted by Gasteiger charge is 2.17. The molecule has 1 fully saturated rings. The lowest BCUT2D eigenvalue weighted by Gasteiger charge is -2.27. The van der Waals surface area contributed by atoms with Gasteiger partial charge in [0.15, 0.2) is 17.9 Å². The zero-order valence-electron chi connectivity index (χ0n) is 16.0. The first kappa shape index (κ1) is 18.9. The summed E-state index contributed by atoms with van der Waals surface area (Å²) in [5.74, 6) is 0.697. The van der Waals surface area contributed by atoms with Crippen molar-refractivity contribution >= 4 is 28.4 Å². The molecule has 1 N–H and O–H groups in total. The molecule has 0 unspecified atom stereocenters. The van der Waals surface area contributed by atoms with E-state index < -0.39 is 0 Å². The molecular formula is C21H21N3O5. The average Bonchev–Trinajstić information content (AvgIpc) is 2.75. The third-order valence-corrected chi connectivity index (χ3v) is 4.71. The van der Waals surface area contributed by atoms with Gasteiger partial charge >= 0.3 is 0 Å². The third-order valence-electron chi connectivity index (χ3n) is 4.71. The Balaban J connectivity index is 1.54. The highest BCUT2D eigenvalue weighted by Crippen LogP contribution is 2.29. The van der Waals surface area contributed by atoms with Crippen LogP contribution in [0.2, 0.25) is 0 Å². The van der Waals surface area contributed by atoms with Crippen LogP contribution >= 0.6 is 0 Å². The fraction of sp³-hybridized carbons (Fsp3) is 0.286. The number of carbonyl (C=O) groups excluding carboxylic acids is 1. The molecule has 0 aliphatic carbocycles. The smallest absolute Gasteiger partial charge is 0.262 e. The van der Waals surface area contributed by atoms with E-state index in [0.29, 0.717) is 60.2 Å². The van der Waals surface area contributed by atoms with Crippen molar-refractivity contribution in [3.8, 4) is 5.75 Å². The van der Waals surface area contributed by atoms with Crippen LogP contribution in [0.5, 0.6) is 5.75 Å². The average molecular weight is 395 g/mol. The van der Waals surface area contributed by atoms with E-state index in [4.69, 9.17) is 13.9 Å². The molecule has 3 aromatic rings. The number of amides is 1. The number of anilines is 2. The molecule has 1 saturated heterocycles. The molecule has 0 saturated carbocycles. The van der Waals surface area contributed by atoms with Gasteiger partial charge in [0.2, 0.25) is 0 Å². The number of hydrogen-bond donors (Lipinski definition) is 1. The molecule has 0 atom stereocenters. The fourth-order valence-corrected chi connectivity index (χ4v) is 3.20. The number of morpholine rings is 1. The Morgan fingerprint density at radius 1 is 1.28 bits per heavy atom. The molecule has 1 aliphatic heterocycles. The van der Waals surface area contributed by atoms with Crippen molar-refractivity contribution in [2.24, 2.45) is 0 Å². The predicted molar refractivity (Wildman–Crippen MR) is 109 cm³/mol. The van der Waals surface area contributed by atoms with Gasteiger partial charge in [0.1, 0.15) is 11.3 Å². The van der Waals surface area contributed by atoms with Crippen LogP contribution in [0.15, 0.2) is 51.9 Å². The molecule has 1 aliphatic rings. The first-order chi connectivity index (χ1) is 14.1. The molecule has 0 spiro atoms. The fourth-order valence-electron chi connectivity index (χ4n) is 3.20. The number of fused-ring (bicyclic) bond motifs is 1. The minimum atomic E-state index is -0.305. The number of benzene rings is 1. The molecule has 150 valence electrons. The molecule has 8 heteroatoms. The zero-order valence-corrected chi connectivity index (χ0v) is 16.0. The Kier molecular flexibility index (Phi) is 5.44. The van der Waals surface area contributed by atoms with Crippen LogP contribution < -0.4 is 20.4 Å². The Bertz CT molecular complexity index is 1070. The summed E-state index contributed by atoms with van der Waals surface area (Å²) in [5, 5.41) is 3.19. The molecule has 2 aromatic heterocycles. The molecule has 29 heavy (non-hydrogen) atoms. The van der Waals surface area contributed by atoms with E-state index in [-0.39, 0.29) is 17.9 Å². The summed E-state index contributed by atoms with van der Waals surface area (Å²) in [6, 6.07) is 8.33. The number of pyridine rings is 1. The normalized spacial score (nSPS) is 14.0. The topological polar surface area (TPSA) is 93.9 Å². The van der Waals surface area contributed by atoms with E-state index in [2.05, 4.69) is 10.3 Å². The summed E-state index contributed by atoms with van der Waals surface area (Å²) in [5.41, 5.74) is 1.61. The SMILES string of the molecule is Cc1c(OCC(=O)Nc2cccnc2)ccc2c(=O)cc(N3CCOCC3)oc12. The minimum absolute atomic E-state index is 0.114. The number of nitrogens with zero attached hydrogens (tertiary/aromatic N) is 2. The van der Waals surface area contributed by atoms with Crippen LogP contribution in [0.25, 0.3) is 11.0 Å². The zero-order chi connectivity index (χ0) is 20.2. The number of aryl methyl sites for hydroxylation is 1. The monoisotopic (exact) mass is 395 g/mol. The Labute approximate surface area is 167 Å². The van der Waals surface area contributed by atoms with Crippen molar-refractivity contribution in [3.63, 3.8) is 0 Å². The first-order valence-electron chi connectivity index (χ1n) is 9.34. The van der Waals surface area contributed by atoms with E-state index in [0.717, 1.165) is 0 Å². The van der Waals surface area contributed by atoms with Gasteiger partial charge in [0.05, 0.1) is 30.5 Å². The molecule has 1 aromatic carbocycles. The van der Waals surface area contributed by atoms with Crippen LogP contribution in [0.4, 0.5) is 11.6 Å². The molecule has 0 bridgehead atoms. The highest BCUT2D eigenvalue weighted by atomic mass is 16.5. The molecule has 0 radical (unpaired) electrons. The maximum Gasteiger partial charge on any atom is 0.262 e. The van der Waals surface area contributed by atoms with Crippen LogP contribution in [-0.4, -0.2) is 43.8 Å². The molecular weight excluding hydrogens is 374 g/mol. The van der Waals surface area contributed by atoms with Gasteiger partial charge in [-0.2, -0.15) is 0 Å². The molecule has 3 heterocycles. The second-order valence-corrected chi connectivity index (χ2v) is 6.69. The first-order valence-corrected chi connectivity index (χ1v) is 9.34. The molecule has 1 amide bonds. The lowest BCUT2D eigenvalue weighted by Crippen LogP contribution is -2.36. The predicted octanol–water partition coefficient (Wildman–Crippen LogP) is 2.35. The Morgan fingerprint density at radius 2 is 2.10 bits per heavy atom. The standard InChI is InChI=1S/C21H21N3O5/c1-14-18(28-13-19(26)23-15-3-2-6-22-12-15)5-4-16-17(25)11-20(29-21(14)16)24-7-9-27-10-8-24/h2-6,11-12H,7-10,13H2,1H3,(H,23,26). The van der Waals surface area contributed by atoms with Crippen LogP contribution in [0, 0.1) is 6.92 Å². The van der Waals surface area contributed by atoms with Crippen molar-refractivity contribution < 1.29 is 18.7 Å². The number of nitrogens with one attached hydrogen (secondary N) is 1. The second-order valence-electron chi connectivity index (χ2n) is 6.69. The summed E-state index contributed by atoms with van der Waals surface area (Å²) < 4.78 is 17.1. The number of aromatic nitrogens is 1. The van der Waals surface area contributed by atoms with E-state index >= 15 is 0 Å². The minimum Gasteiger partial charge on any atom is -0.483 e. The van der Waals surface area contributed by atoms with Gasteiger partial charge in [-0.3, -0.25) is 14.6 Å². The summed E-state index contributed by atoms with van der Waals surface area (Å²) in [4.78, 5) is 30.6. The summed E-state index contributed by atoms with van der Waals surface area (Å²) in [7, 11) is 0. The van der Waals surface area contributed by atoms with Crippen molar-refractivity contribution in [1.82, 2.24) is 4.98 Å². The maximum absolute atomic E-state index is 12.5. The molecule has 8 nitrogen and oxygen atoms in total. The second kappa shape index (κ2) is 8.32. The number of carbonyl (C=O) groups is 1. The van der Waals surface area contributed by atoms with E-state index in [1.54, 1.807) is 36.7 Å². The van der Waals surface area contributed by atoms with Gasteiger partial charge in [0, 0.05) is 30.9 Å². The number of hydrogen-bond acceptors (Lipinski definition) is 7. The summed E-state index contributed by atoms with van der Waals surface area (Å²) in [6.07, 6.45) is 3.19. The largest absolute Gasteiger partial charge is 0.483 e. The van der Waals surface area contributed by atoms with Gasteiger partial charge in [-0.05, 0) is 31.2 Å². The van der Waals surface area contributed by atoms with Crippen LogP contribution in [0.3, 0.4) is 0 Å². The lowest BCUT2D eigenvalue weighted by molar-refractivity contribution is -0.118. The van der Waals surface area contributed by atoms with E-state index in [9.17, 15) is 9.59 Å². The number of ether oxygens (including phenoxy) is 2. The van der Waals surface area contributed by atoms with E-state index in [1.807, 2.05) is 11.8 Å². The van der Waals surface area contributed by atoms with Crippen LogP contribution in [-0.2, 0) is 9.53 Å². The highest BCUT2D eigenvalue weighted by molar-refractivity contribution is 5.91. The summed E-state index contributed by atoms with van der Waals surface area (Å²) in [6.45, 7) is 4.15. The Hall–Kier alpha value is -3.39.